The maximum Gasteiger partial charge on any atom is 0.264 e. The van der Waals surface area contributed by atoms with Crippen molar-refractivity contribution in [1.29, 1.82) is 0 Å². The van der Waals surface area contributed by atoms with E-state index in [4.69, 9.17) is 32.7 Å². The Bertz CT molecular complexity index is 1570. The zero-order valence-corrected chi connectivity index (χ0v) is 28.3. The molecule has 3 aromatic carbocycles. The number of amides is 2. The van der Waals surface area contributed by atoms with Gasteiger partial charge in [0, 0.05) is 33.8 Å². The predicted octanol–water partition coefficient (Wildman–Crippen LogP) is 6.24. The van der Waals surface area contributed by atoms with Gasteiger partial charge in [-0.05, 0) is 70.5 Å². The summed E-state index contributed by atoms with van der Waals surface area (Å²) in [6.07, 6.45) is 0.239. The number of ether oxygens (including phenoxy) is 2. The Kier molecular flexibility index (Phi) is 11.6. The summed E-state index contributed by atoms with van der Waals surface area (Å²) in [5.74, 6) is -0.499. The molecule has 0 spiro atoms. The van der Waals surface area contributed by atoms with E-state index in [1.54, 1.807) is 49.4 Å². The van der Waals surface area contributed by atoms with Crippen molar-refractivity contribution in [3.05, 3.63) is 81.8 Å². The fourth-order valence-corrected chi connectivity index (χ4v) is 6.50. The van der Waals surface area contributed by atoms with Crippen LogP contribution in [-0.4, -0.2) is 57.5 Å². The van der Waals surface area contributed by atoms with Crippen LogP contribution in [0.5, 0.6) is 11.5 Å². The topological polar surface area (TPSA) is 105 Å². The van der Waals surface area contributed by atoms with E-state index in [1.165, 1.54) is 37.3 Å². The second-order valence-corrected chi connectivity index (χ2v) is 13.9. The molecule has 0 aliphatic heterocycles. The van der Waals surface area contributed by atoms with Crippen LogP contribution in [0.2, 0.25) is 10.0 Å². The van der Waals surface area contributed by atoms with Crippen LogP contribution in [0.3, 0.4) is 0 Å². The molecule has 2 amide bonds. The molecule has 0 aliphatic rings. The van der Waals surface area contributed by atoms with E-state index in [2.05, 4.69) is 5.32 Å². The van der Waals surface area contributed by atoms with Crippen LogP contribution in [0.15, 0.2) is 65.6 Å². The number of hydrogen-bond donors (Lipinski definition) is 1. The van der Waals surface area contributed by atoms with Crippen LogP contribution in [0.25, 0.3) is 0 Å². The third kappa shape index (κ3) is 8.37. The zero-order chi connectivity index (χ0) is 32.8. The van der Waals surface area contributed by atoms with Gasteiger partial charge in [0.2, 0.25) is 11.8 Å². The number of anilines is 1. The van der Waals surface area contributed by atoms with E-state index in [9.17, 15) is 18.0 Å². The number of sulfonamides is 1. The standard InChI is InChI=1S/C32H39Cl2N3O6S/c1-8-27(31(39)35-32(3,4)5)36(19-24-25(33)10-9-11-26(24)34)30(38)20-37(28-18-22(42-6)14-17-29(28)43-7)44(40,41)23-15-12-21(2)13-16-23/h9-18,27H,8,19-20H2,1-7H3,(H,35,39). The summed E-state index contributed by atoms with van der Waals surface area (Å²) in [5.41, 5.74) is 0.793. The SMILES string of the molecule is CCC(C(=O)NC(C)(C)C)N(Cc1c(Cl)cccc1Cl)C(=O)CN(c1cc(OC)ccc1OC)S(=O)(=O)c1ccc(C)cc1. The molecule has 9 nitrogen and oxygen atoms in total. The van der Waals surface area contributed by atoms with Crippen LogP contribution >= 0.6 is 23.2 Å². The average molecular weight is 665 g/mol. The number of benzene rings is 3. The molecule has 1 unspecified atom stereocenters. The highest BCUT2D eigenvalue weighted by atomic mass is 35.5. The zero-order valence-electron chi connectivity index (χ0n) is 26.0. The molecule has 1 atom stereocenters. The first-order valence-electron chi connectivity index (χ1n) is 14.0. The van der Waals surface area contributed by atoms with Gasteiger partial charge in [-0.15, -0.1) is 0 Å². The van der Waals surface area contributed by atoms with Gasteiger partial charge in [-0.2, -0.15) is 0 Å². The van der Waals surface area contributed by atoms with E-state index in [1.807, 2.05) is 27.7 Å². The van der Waals surface area contributed by atoms with E-state index in [0.29, 0.717) is 21.4 Å². The molecule has 0 radical (unpaired) electrons. The van der Waals surface area contributed by atoms with Crippen LogP contribution < -0.4 is 19.1 Å². The first kappa shape index (κ1) is 35.0. The molecule has 3 rings (SSSR count). The Hall–Kier alpha value is -3.47. The molecule has 1 N–H and O–H groups in total. The summed E-state index contributed by atoms with van der Waals surface area (Å²) in [4.78, 5) is 29.2. The Morgan fingerprint density at radius 3 is 2.09 bits per heavy atom. The fourth-order valence-electron chi connectivity index (χ4n) is 4.57. The highest BCUT2D eigenvalue weighted by molar-refractivity contribution is 7.92. The first-order chi connectivity index (χ1) is 20.6. The average Bonchev–Trinajstić information content (AvgIpc) is 2.96. The van der Waals surface area contributed by atoms with Crippen molar-refractivity contribution < 1.29 is 27.5 Å². The van der Waals surface area contributed by atoms with Crippen molar-refractivity contribution in [2.24, 2.45) is 0 Å². The molecule has 0 saturated heterocycles. The van der Waals surface area contributed by atoms with Crippen molar-refractivity contribution in [2.75, 3.05) is 25.1 Å². The molecule has 0 aromatic heterocycles. The van der Waals surface area contributed by atoms with Crippen LogP contribution in [-0.2, 0) is 26.2 Å². The first-order valence-corrected chi connectivity index (χ1v) is 16.2. The Balaban J connectivity index is 2.20. The normalized spacial score (nSPS) is 12.3. The summed E-state index contributed by atoms with van der Waals surface area (Å²) in [5, 5.41) is 3.54. The van der Waals surface area contributed by atoms with Crippen LogP contribution in [0.4, 0.5) is 5.69 Å². The minimum Gasteiger partial charge on any atom is -0.497 e. The van der Waals surface area contributed by atoms with Crippen molar-refractivity contribution >= 4 is 50.7 Å². The van der Waals surface area contributed by atoms with E-state index >= 15 is 0 Å². The Morgan fingerprint density at radius 1 is 0.955 bits per heavy atom. The highest BCUT2D eigenvalue weighted by Gasteiger charge is 2.36. The molecule has 238 valence electrons. The van der Waals surface area contributed by atoms with E-state index < -0.39 is 40.0 Å². The lowest BCUT2D eigenvalue weighted by molar-refractivity contribution is -0.141. The number of hydrogen-bond acceptors (Lipinski definition) is 6. The number of carbonyl (C=O) groups excluding carboxylic acids is 2. The predicted molar refractivity (Wildman–Crippen MR) is 174 cm³/mol. The summed E-state index contributed by atoms with van der Waals surface area (Å²) in [6.45, 7) is 8.31. The fraction of sp³-hybridized carbons (Fsp3) is 0.375. The summed E-state index contributed by atoms with van der Waals surface area (Å²) in [7, 11) is -1.48. The number of methoxy groups -OCH3 is 2. The summed E-state index contributed by atoms with van der Waals surface area (Å²) >= 11 is 13.0. The smallest absolute Gasteiger partial charge is 0.264 e. The molecule has 0 aliphatic carbocycles. The Morgan fingerprint density at radius 2 is 1.57 bits per heavy atom. The van der Waals surface area contributed by atoms with Gasteiger partial charge in [0.1, 0.15) is 24.1 Å². The van der Waals surface area contributed by atoms with Crippen molar-refractivity contribution in [3.8, 4) is 11.5 Å². The number of carbonyl (C=O) groups is 2. The number of halogens is 2. The molecule has 0 heterocycles. The molecular formula is C32H39Cl2N3O6S. The number of aryl methyl sites for hydroxylation is 1. The molecule has 44 heavy (non-hydrogen) atoms. The van der Waals surface area contributed by atoms with E-state index in [-0.39, 0.29) is 29.3 Å². The van der Waals surface area contributed by atoms with Crippen LogP contribution in [0, 0.1) is 6.92 Å². The van der Waals surface area contributed by atoms with Gasteiger partial charge in [0.25, 0.3) is 10.0 Å². The number of rotatable bonds is 12. The molecule has 3 aromatic rings. The number of nitrogens with one attached hydrogen (secondary N) is 1. The van der Waals surface area contributed by atoms with Gasteiger partial charge in [0.15, 0.2) is 0 Å². The van der Waals surface area contributed by atoms with Gasteiger partial charge in [-0.3, -0.25) is 13.9 Å². The van der Waals surface area contributed by atoms with Gasteiger partial charge >= 0.3 is 0 Å². The second kappa shape index (κ2) is 14.5. The third-order valence-electron chi connectivity index (χ3n) is 6.82. The van der Waals surface area contributed by atoms with Gasteiger partial charge in [0.05, 0.1) is 24.8 Å². The quantitative estimate of drug-likeness (QED) is 0.246. The lowest BCUT2D eigenvalue weighted by Crippen LogP contribution is -2.55. The van der Waals surface area contributed by atoms with Gasteiger partial charge < -0.3 is 19.7 Å². The monoisotopic (exact) mass is 663 g/mol. The van der Waals surface area contributed by atoms with Crippen LogP contribution in [0.1, 0.15) is 45.2 Å². The maximum absolute atomic E-state index is 14.4. The molecule has 0 saturated carbocycles. The number of nitrogens with zero attached hydrogens (tertiary/aromatic N) is 2. The lowest BCUT2D eigenvalue weighted by Gasteiger charge is -2.35. The lowest BCUT2D eigenvalue weighted by atomic mass is 10.1. The summed E-state index contributed by atoms with van der Waals surface area (Å²) < 4.78 is 40.3. The minimum atomic E-state index is -4.33. The van der Waals surface area contributed by atoms with Gasteiger partial charge in [-0.25, -0.2) is 8.42 Å². The third-order valence-corrected chi connectivity index (χ3v) is 9.30. The van der Waals surface area contributed by atoms with Crippen molar-refractivity contribution in [2.45, 2.75) is 64.1 Å². The molecule has 12 heteroatoms. The molecule has 0 fully saturated rings. The highest BCUT2D eigenvalue weighted by Crippen LogP contribution is 2.36. The summed E-state index contributed by atoms with van der Waals surface area (Å²) in [6, 6.07) is 14.9. The van der Waals surface area contributed by atoms with Crippen molar-refractivity contribution in [1.82, 2.24) is 10.2 Å². The second-order valence-electron chi connectivity index (χ2n) is 11.2. The maximum atomic E-state index is 14.4. The van der Waals surface area contributed by atoms with E-state index in [0.717, 1.165) is 9.87 Å². The Labute approximate surface area is 270 Å². The minimum absolute atomic E-state index is 0.0287. The molecule has 0 bridgehead atoms. The van der Waals surface area contributed by atoms with Crippen molar-refractivity contribution in [3.63, 3.8) is 0 Å². The van der Waals surface area contributed by atoms with Gasteiger partial charge in [-0.1, -0.05) is 53.9 Å². The molecular weight excluding hydrogens is 625 g/mol. The largest absolute Gasteiger partial charge is 0.497 e.